The zero-order valence-corrected chi connectivity index (χ0v) is 10.9. The van der Waals surface area contributed by atoms with E-state index in [0.717, 1.165) is 5.25 Å². The van der Waals surface area contributed by atoms with E-state index in [0.29, 0.717) is 0 Å². The monoisotopic (exact) mass is 242 g/mol. The standard InChI is InChI=1S/C16H18S/c1-2-8-15(9-3-1)17-16-11-10-13-6-4-5-7-14(13)12-16/h4-7,10-12,15H,1-3,8-9H2. The van der Waals surface area contributed by atoms with Gasteiger partial charge in [0.1, 0.15) is 0 Å². The van der Waals surface area contributed by atoms with Crippen LogP contribution < -0.4 is 0 Å². The second-order valence-electron chi connectivity index (χ2n) is 4.89. The van der Waals surface area contributed by atoms with Gasteiger partial charge in [-0.15, -0.1) is 11.8 Å². The summed E-state index contributed by atoms with van der Waals surface area (Å²) in [5.74, 6) is 0. The molecule has 3 rings (SSSR count). The Balaban J connectivity index is 1.80. The van der Waals surface area contributed by atoms with Crippen molar-refractivity contribution in [3.05, 3.63) is 42.5 Å². The van der Waals surface area contributed by atoms with Crippen molar-refractivity contribution in [1.82, 2.24) is 0 Å². The fourth-order valence-corrected chi connectivity index (χ4v) is 3.91. The summed E-state index contributed by atoms with van der Waals surface area (Å²) < 4.78 is 0. The molecule has 0 saturated heterocycles. The van der Waals surface area contributed by atoms with Crippen LogP contribution in [-0.4, -0.2) is 5.25 Å². The van der Waals surface area contributed by atoms with E-state index in [-0.39, 0.29) is 0 Å². The summed E-state index contributed by atoms with van der Waals surface area (Å²) >= 11 is 2.08. The smallest absolute Gasteiger partial charge is 0.00944 e. The van der Waals surface area contributed by atoms with Crippen LogP contribution in [0.15, 0.2) is 47.4 Å². The van der Waals surface area contributed by atoms with Crippen LogP contribution in [0.5, 0.6) is 0 Å². The highest BCUT2D eigenvalue weighted by Crippen LogP contribution is 2.34. The molecule has 1 saturated carbocycles. The van der Waals surface area contributed by atoms with Gasteiger partial charge >= 0.3 is 0 Å². The molecule has 1 fully saturated rings. The van der Waals surface area contributed by atoms with Crippen LogP contribution in [0, 0.1) is 0 Å². The van der Waals surface area contributed by atoms with Crippen LogP contribution in [-0.2, 0) is 0 Å². The van der Waals surface area contributed by atoms with Gasteiger partial charge in [-0.3, -0.25) is 0 Å². The first-order valence-corrected chi connectivity index (χ1v) is 7.45. The lowest BCUT2D eigenvalue weighted by atomic mass is 10.0. The van der Waals surface area contributed by atoms with Crippen molar-refractivity contribution in [2.24, 2.45) is 0 Å². The van der Waals surface area contributed by atoms with Crippen LogP contribution >= 0.6 is 11.8 Å². The molecule has 2 aromatic carbocycles. The van der Waals surface area contributed by atoms with Crippen molar-refractivity contribution in [3.63, 3.8) is 0 Å². The second-order valence-corrected chi connectivity index (χ2v) is 6.26. The molecule has 1 heteroatoms. The lowest BCUT2D eigenvalue weighted by molar-refractivity contribution is 0.516. The third-order valence-corrected chi connectivity index (χ3v) is 4.91. The number of fused-ring (bicyclic) bond motifs is 1. The van der Waals surface area contributed by atoms with Gasteiger partial charge in [-0.1, -0.05) is 49.6 Å². The van der Waals surface area contributed by atoms with E-state index in [9.17, 15) is 0 Å². The molecule has 2 aromatic rings. The molecule has 0 unspecified atom stereocenters. The molecule has 0 nitrogen and oxygen atoms in total. The Labute approximate surface area is 107 Å². The predicted molar refractivity (Wildman–Crippen MR) is 76.7 cm³/mol. The lowest BCUT2D eigenvalue weighted by Crippen LogP contribution is -2.07. The topological polar surface area (TPSA) is 0 Å². The van der Waals surface area contributed by atoms with E-state index in [1.54, 1.807) is 0 Å². The molecular weight excluding hydrogens is 224 g/mol. The molecular formula is C16H18S. The fraction of sp³-hybridized carbons (Fsp3) is 0.375. The Morgan fingerprint density at radius 1 is 0.824 bits per heavy atom. The fourth-order valence-electron chi connectivity index (χ4n) is 2.62. The average Bonchev–Trinajstić information content (AvgIpc) is 2.40. The van der Waals surface area contributed by atoms with Crippen molar-refractivity contribution < 1.29 is 0 Å². The van der Waals surface area contributed by atoms with Gasteiger partial charge in [-0.05, 0) is 35.7 Å². The van der Waals surface area contributed by atoms with Gasteiger partial charge < -0.3 is 0 Å². The zero-order valence-electron chi connectivity index (χ0n) is 10.1. The molecule has 0 N–H and O–H groups in total. The Hall–Kier alpha value is -0.950. The quantitative estimate of drug-likeness (QED) is 0.691. The highest BCUT2D eigenvalue weighted by molar-refractivity contribution is 8.00. The van der Waals surface area contributed by atoms with Crippen molar-refractivity contribution >= 4 is 22.5 Å². The van der Waals surface area contributed by atoms with Crippen LogP contribution in [0.3, 0.4) is 0 Å². The molecule has 0 aromatic heterocycles. The molecule has 88 valence electrons. The molecule has 1 aliphatic rings. The number of hydrogen-bond donors (Lipinski definition) is 0. The third-order valence-electron chi connectivity index (χ3n) is 3.58. The van der Waals surface area contributed by atoms with Crippen molar-refractivity contribution in [1.29, 1.82) is 0 Å². The Bertz CT molecular complexity index is 498. The second kappa shape index (κ2) is 5.14. The molecule has 0 atom stereocenters. The maximum atomic E-state index is 2.34. The van der Waals surface area contributed by atoms with Crippen molar-refractivity contribution in [3.8, 4) is 0 Å². The summed E-state index contributed by atoms with van der Waals surface area (Å²) in [4.78, 5) is 1.44. The lowest BCUT2D eigenvalue weighted by Gasteiger charge is -2.21. The number of hydrogen-bond acceptors (Lipinski definition) is 1. The van der Waals surface area contributed by atoms with Gasteiger partial charge in [0.2, 0.25) is 0 Å². The van der Waals surface area contributed by atoms with Crippen LogP contribution in [0.4, 0.5) is 0 Å². The summed E-state index contributed by atoms with van der Waals surface area (Å²) in [7, 11) is 0. The van der Waals surface area contributed by atoms with E-state index in [1.807, 2.05) is 0 Å². The minimum absolute atomic E-state index is 0.852. The van der Waals surface area contributed by atoms with Crippen LogP contribution in [0.2, 0.25) is 0 Å². The normalized spacial score (nSPS) is 17.4. The van der Waals surface area contributed by atoms with E-state index in [2.05, 4.69) is 54.2 Å². The number of rotatable bonds is 2. The summed E-state index contributed by atoms with van der Waals surface area (Å²) in [5.41, 5.74) is 0. The maximum Gasteiger partial charge on any atom is 0.00944 e. The van der Waals surface area contributed by atoms with Gasteiger partial charge in [-0.25, -0.2) is 0 Å². The average molecular weight is 242 g/mol. The van der Waals surface area contributed by atoms with Gasteiger partial charge in [0.25, 0.3) is 0 Å². The van der Waals surface area contributed by atoms with Gasteiger partial charge in [0, 0.05) is 10.1 Å². The van der Waals surface area contributed by atoms with E-state index >= 15 is 0 Å². The summed E-state index contributed by atoms with van der Waals surface area (Å²) in [5, 5.41) is 3.57. The zero-order chi connectivity index (χ0) is 11.5. The highest BCUT2D eigenvalue weighted by atomic mass is 32.2. The van der Waals surface area contributed by atoms with Crippen molar-refractivity contribution in [2.45, 2.75) is 42.2 Å². The maximum absolute atomic E-state index is 2.34. The Kier molecular flexibility index (Phi) is 3.37. The number of benzene rings is 2. The first kappa shape index (κ1) is 11.2. The summed E-state index contributed by atoms with van der Waals surface area (Å²) in [6, 6.07) is 15.5. The molecule has 17 heavy (non-hydrogen) atoms. The SMILES string of the molecule is c1ccc2cc(SC3CCCCC3)ccc2c1. The Morgan fingerprint density at radius 3 is 2.41 bits per heavy atom. The summed E-state index contributed by atoms with van der Waals surface area (Å²) in [6.45, 7) is 0. The van der Waals surface area contributed by atoms with Crippen LogP contribution in [0.1, 0.15) is 32.1 Å². The minimum Gasteiger partial charge on any atom is -0.123 e. The first-order valence-electron chi connectivity index (χ1n) is 6.57. The molecule has 1 aliphatic carbocycles. The minimum atomic E-state index is 0.852. The first-order chi connectivity index (χ1) is 8.42. The van der Waals surface area contributed by atoms with Gasteiger partial charge in [-0.2, -0.15) is 0 Å². The van der Waals surface area contributed by atoms with Crippen molar-refractivity contribution in [2.75, 3.05) is 0 Å². The van der Waals surface area contributed by atoms with Gasteiger partial charge in [0.05, 0.1) is 0 Å². The van der Waals surface area contributed by atoms with Gasteiger partial charge in [0.15, 0.2) is 0 Å². The molecule has 0 spiro atoms. The summed E-state index contributed by atoms with van der Waals surface area (Å²) in [6.07, 6.45) is 7.08. The number of thioether (sulfide) groups is 1. The molecule has 0 amide bonds. The molecule has 0 bridgehead atoms. The van der Waals surface area contributed by atoms with E-state index < -0.39 is 0 Å². The molecule has 0 aliphatic heterocycles. The highest BCUT2D eigenvalue weighted by Gasteiger charge is 2.14. The largest absolute Gasteiger partial charge is 0.123 e. The van der Waals surface area contributed by atoms with Crippen LogP contribution in [0.25, 0.3) is 10.8 Å². The molecule has 0 radical (unpaired) electrons. The third kappa shape index (κ3) is 2.66. The van der Waals surface area contributed by atoms with E-state index in [4.69, 9.17) is 0 Å². The van der Waals surface area contributed by atoms with E-state index in [1.165, 1.54) is 47.8 Å². The Morgan fingerprint density at radius 2 is 1.59 bits per heavy atom. The molecule has 0 heterocycles. The predicted octanol–water partition coefficient (Wildman–Crippen LogP) is 5.26.